The highest BCUT2D eigenvalue weighted by atomic mass is 16.9. The Morgan fingerprint density at radius 1 is 1.47 bits per heavy atom. The summed E-state index contributed by atoms with van der Waals surface area (Å²) in [6.45, 7) is 1.63. The second-order valence-electron chi connectivity index (χ2n) is 3.06. The zero-order chi connectivity index (χ0) is 11.1. The molecule has 0 atom stereocenters. The van der Waals surface area contributed by atoms with Gasteiger partial charge in [-0.25, -0.2) is 4.79 Å². The van der Waals surface area contributed by atoms with E-state index < -0.39 is 5.97 Å². The van der Waals surface area contributed by atoms with Gasteiger partial charge in [-0.15, -0.1) is 0 Å². The van der Waals surface area contributed by atoms with Crippen LogP contribution in [-0.4, -0.2) is 11.2 Å². The molecule has 0 radical (unpaired) electrons. The number of hydrogen-bond donors (Lipinski definition) is 2. The van der Waals surface area contributed by atoms with E-state index in [1.165, 1.54) is 5.64 Å². The highest BCUT2D eigenvalue weighted by Crippen LogP contribution is 2.03. The quantitative estimate of drug-likeness (QED) is 0.581. The molecule has 4 heteroatoms. The first-order chi connectivity index (χ1) is 7.24. The summed E-state index contributed by atoms with van der Waals surface area (Å²) in [7, 11) is 0. The van der Waals surface area contributed by atoms with Gasteiger partial charge in [0.25, 0.3) is 0 Å². The van der Waals surface area contributed by atoms with Crippen LogP contribution in [0.3, 0.4) is 0 Å². The molecule has 0 saturated carbocycles. The highest BCUT2D eigenvalue weighted by molar-refractivity contribution is 5.87. The minimum absolute atomic E-state index is 0.445. The Bertz CT molecular complexity index is 346. The fourth-order valence-electron chi connectivity index (χ4n) is 1.09. The van der Waals surface area contributed by atoms with Gasteiger partial charge >= 0.3 is 5.97 Å². The number of carbonyl (C=O) groups excluding carboxylic acids is 1. The van der Waals surface area contributed by atoms with E-state index in [1.807, 2.05) is 30.3 Å². The van der Waals surface area contributed by atoms with E-state index in [1.54, 1.807) is 13.0 Å². The number of allylic oxidation sites excluding steroid dienone is 1. The van der Waals surface area contributed by atoms with Gasteiger partial charge in [0.05, 0.1) is 0 Å². The fourth-order valence-corrected chi connectivity index (χ4v) is 1.09. The molecule has 0 fully saturated rings. The zero-order valence-corrected chi connectivity index (χ0v) is 8.43. The Morgan fingerprint density at radius 2 is 2.13 bits per heavy atom. The molecule has 0 bridgehead atoms. The van der Waals surface area contributed by atoms with E-state index in [2.05, 4.69) is 4.84 Å². The van der Waals surface area contributed by atoms with Crippen molar-refractivity contribution in [3.63, 3.8) is 0 Å². The maximum atomic E-state index is 11.1. The summed E-state index contributed by atoms with van der Waals surface area (Å²) >= 11 is 0. The molecule has 0 heterocycles. The van der Waals surface area contributed by atoms with E-state index in [0.29, 0.717) is 12.0 Å². The maximum Gasteiger partial charge on any atom is 0.354 e. The van der Waals surface area contributed by atoms with Crippen LogP contribution in [0.25, 0.3) is 0 Å². The van der Waals surface area contributed by atoms with Crippen LogP contribution in [0.4, 0.5) is 0 Å². The van der Waals surface area contributed by atoms with Gasteiger partial charge in [-0.3, -0.25) is 5.21 Å². The second-order valence-corrected chi connectivity index (χ2v) is 3.06. The Balaban J connectivity index is 2.54. The number of benzene rings is 1. The van der Waals surface area contributed by atoms with Crippen molar-refractivity contribution in [2.24, 2.45) is 0 Å². The number of nitrogens with one attached hydrogen (secondary N) is 1. The molecular weight excluding hydrogens is 194 g/mol. The van der Waals surface area contributed by atoms with E-state index in [9.17, 15) is 4.79 Å². The van der Waals surface area contributed by atoms with Gasteiger partial charge in [0.15, 0.2) is 0 Å². The summed E-state index contributed by atoms with van der Waals surface area (Å²) in [5.41, 5.74) is 2.91. The van der Waals surface area contributed by atoms with Crippen molar-refractivity contribution in [2.45, 2.75) is 13.3 Å². The van der Waals surface area contributed by atoms with Crippen LogP contribution in [-0.2, 0) is 16.1 Å². The van der Waals surface area contributed by atoms with Gasteiger partial charge in [0.1, 0.15) is 0 Å². The molecule has 0 unspecified atom stereocenters. The van der Waals surface area contributed by atoms with Crippen LogP contribution in [0.1, 0.15) is 12.5 Å². The smallest absolute Gasteiger partial charge is 0.341 e. The molecular formula is C11H13NO3. The minimum Gasteiger partial charge on any atom is -0.341 e. The summed E-state index contributed by atoms with van der Waals surface area (Å²) in [5.74, 6) is -0.589. The van der Waals surface area contributed by atoms with Crippen molar-refractivity contribution in [1.29, 1.82) is 0 Å². The van der Waals surface area contributed by atoms with Crippen LogP contribution >= 0.6 is 0 Å². The van der Waals surface area contributed by atoms with Gasteiger partial charge in [-0.05, 0) is 24.6 Å². The third kappa shape index (κ3) is 3.93. The Morgan fingerprint density at radius 3 is 2.73 bits per heavy atom. The predicted molar refractivity (Wildman–Crippen MR) is 54.9 cm³/mol. The maximum absolute atomic E-state index is 11.1. The molecule has 1 aromatic rings. The molecule has 0 aliphatic rings. The van der Waals surface area contributed by atoms with Gasteiger partial charge < -0.3 is 4.84 Å². The van der Waals surface area contributed by atoms with Crippen molar-refractivity contribution in [1.82, 2.24) is 5.64 Å². The first kappa shape index (κ1) is 11.4. The summed E-state index contributed by atoms with van der Waals surface area (Å²) in [6.07, 6.45) is 2.40. The van der Waals surface area contributed by atoms with Gasteiger partial charge in [-0.2, -0.15) is 0 Å². The monoisotopic (exact) mass is 207 g/mol. The molecule has 15 heavy (non-hydrogen) atoms. The van der Waals surface area contributed by atoms with E-state index >= 15 is 0 Å². The van der Waals surface area contributed by atoms with E-state index in [0.717, 1.165) is 5.56 Å². The average molecular weight is 207 g/mol. The number of hydrogen-bond acceptors (Lipinski definition) is 4. The van der Waals surface area contributed by atoms with Crippen LogP contribution in [0.2, 0.25) is 0 Å². The molecule has 0 aliphatic carbocycles. The summed E-state index contributed by atoms with van der Waals surface area (Å²) in [5, 5.41) is 8.15. The van der Waals surface area contributed by atoms with Crippen LogP contribution < -0.4 is 5.64 Å². The third-order valence-electron chi connectivity index (χ3n) is 1.95. The lowest BCUT2D eigenvalue weighted by molar-refractivity contribution is -0.171. The highest BCUT2D eigenvalue weighted by Gasteiger charge is 2.04. The lowest BCUT2D eigenvalue weighted by atomic mass is 10.1. The molecule has 0 spiro atoms. The molecule has 0 aliphatic heterocycles. The molecule has 1 aromatic carbocycles. The summed E-state index contributed by atoms with van der Waals surface area (Å²) in [4.78, 5) is 15.2. The van der Waals surface area contributed by atoms with Crippen LogP contribution in [0.15, 0.2) is 42.0 Å². The summed E-state index contributed by atoms with van der Waals surface area (Å²) in [6, 6.07) is 9.75. The van der Waals surface area contributed by atoms with Crippen molar-refractivity contribution < 1.29 is 14.8 Å². The van der Waals surface area contributed by atoms with Crippen LogP contribution in [0.5, 0.6) is 0 Å². The van der Waals surface area contributed by atoms with Crippen molar-refractivity contribution in [3.8, 4) is 0 Å². The standard InChI is InChI=1S/C11H13NO3/c1-9(11(13)15-12-14)7-8-10-5-3-2-4-6-10/h2-7,12,14H,8H2,1H3. The number of rotatable bonds is 4. The minimum atomic E-state index is -0.589. The van der Waals surface area contributed by atoms with Crippen molar-refractivity contribution >= 4 is 5.97 Å². The van der Waals surface area contributed by atoms with E-state index in [-0.39, 0.29) is 0 Å². The van der Waals surface area contributed by atoms with Gasteiger partial charge in [-0.1, -0.05) is 36.4 Å². The van der Waals surface area contributed by atoms with Gasteiger partial charge in [0.2, 0.25) is 0 Å². The normalized spacial score (nSPS) is 11.2. The topological polar surface area (TPSA) is 58.6 Å². The lowest BCUT2D eigenvalue weighted by Crippen LogP contribution is -2.16. The molecule has 0 aromatic heterocycles. The molecule has 0 amide bonds. The van der Waals surface area contributed by atoms with Crippen molar-refractivity contribution in [2.75, 3.05) is 0 Å². The lowest BCUT2D eigenvalue weighted by Gasteiger charge is -2.00. The average Bonchev–Trinajstić information content (AvgIpc) is 2.27. The largest absolute Gasteiger partial charge is 0.354 e. The van der Waals surface area contributed by atoms with Crippen LogP contribution in [0, 0.1) is 0 Å². The molecule has 4 nitrogen and oxygen atoms in total. The van der Waals surface area contributed by atoms with E-state index in [4.69, 9.17) is 5.21 Å². The molecule has 0 saturated heterocycles. The molecule has 2 N–H and O–H groups in total. The predicted octanol–water partition coefficient (Wildman–Crippen LogP) is 1.61. The number of carbonyl (C=O) groups is 1. The first-order valence-corrected chi connectivity index (χ1v) is 4.55. The fraction of sp³-hybridized carbons (Fsp3) is 0.182. The summed E-state index contributed by atoms with van der Waals surface area (Å²) < 4.78 is 0. The molecule has 1 rings (SSSR count). The SMILES string of the molecule is CC(=CCc1ccccc1)C(=O)ONO. The second kappa shape index (κ2) is 5.95. The zero-order valence-electron chi connectivity index (χ0n) is 8.43. The Labute approximate surface area is 88.1 Å². The Kier molecular flexibility index (Phi) is 4.53. The van der Waals surface area contributed by atoms with Crippen molar-refractivity contribution in [3.05, 3.63) is 47.5 Å². The molecule has 80 valence electrons. The Hall–Kier alpha value is -1.65. The van der Waals surface area contributed by atoms with Gasteiger partial charge in [0, 0.05) is 5.57 Å². The third-order valence-corrected chi connectivity index (χ3v) is 1.95. The first-order valence-electron chi connectivity index (χ1n) is 4.55.